The van der Waals surface area contributed by atoms with E-state index >= 15 is 0 Å². The molecule has 0 saturated heterocycles. The average Bonchev–Trinajstić information content (AvgIpc) is 2.09. The Morgan fingerprint density at radius 1 is 1.23 bits per heavy atom. The van der Waals surface area contributed by atoms with E-state index in [1.165, 1.54) is 12.1 Å². The number of hydrogen-bond acceptors (Lipinski definition) is 1. The van der Waals surface area contributed by atoms with Gasteiger partial charge in [0, 0.05) is 6.04 Å². The summed E-state index contributed by atoms with van der Waals surface area (Å²) in [5, 5.41) is 0. The molecule has 2 rings (SSSR count). The molecule has 0 spiro atoms. The first-order valence-electron chi connectivity index (χ1n) is 4.42. The van der Waals surface area contributed by atoms with E-state index in [1.807, 2.05) is 0 Å². The van der Waals surface area contributed by atoms with Gasteiger partial charge in [-0.2, -0.15) is 0 Å². The summed E-state index contributed by atoms with van der Waals surface area (Å²) in [5.41, 5.74) is 7.40. The standard InChI is InChI=1S/C10H11F2N/c11-8-4-6-2-1-3-10(13)7(6)5-9(8)12/h4-5,10H,1-3,13H2/t10-/m0/s1. The van der Waals surface area contributed by atoms with Gasteiger partial charge in [0.2, 0.25) is 0 Å². The molecule has 1 nitrogen and oxygen atoms in total. The van der Waals surface area contributed by atoms with Crippen molar-refractivity contribution in [1.82, 2.24) is 0 Å². The highest BCUT2D eigenvalue weighted by molar-refractivity contribution is 5.33. The zero-order chi connectivity index (χ0) is 9.42. The number of rotatable bonds is 0. The molecular formula is C10H11F2N. The fourth-order valence-electron chi connectivity index (χ4n) is 1.83. The number of benzene rings is 1. The van der Waals surface area contributed by atoms with Gasteiger partial charge in [0.05, 0.1) is 0 Å². The third kappa shape index (κ3) is 1.44. The van der Waals surface area contributed by atoms with Gasteiger partial charge in [-0.05, 0) is 42.5 Å². The first-order chi connectivity index (χ1) is 6.18. The van der Waals surface area contributed by atoms with Gasteiger partial charge in [-0.15, -0.1) is 0 Å². The van der Waals surface area contributed by atoms with E-state index in [4.69, 9.17) is 5.73 Å². The summed E-state index contributed by atoms with van der Waals surface area (Å²) in [5.74, 6) is -1.57. The van der Waals surface area contributed by atoms with Gasteiger partial charge in [-0.3, -0.25) is 0 Å². The van der Waals surface area contributed by atoms with Gasteiger partial charge >= 0.3 is 0 Å². The van der Waals surface area contributed by atoms with Crippen LogP contribution in [0.3, 0.4) is 0 Å². The van der Waals surface area contributed by atoms with Crippen LogP contribution in [0.1, 0.15) is 30.0 Å². The lowest BCUT2D eigenvalue weighted by molar-refractivity contribution is 0.492. The first-order valence-corrected chi connectivity index (χ1v) is 4.42. The van der Waals surface area contributed by atoms with Crippen molar-refractivity contribution >= 4 is 0 Å². The molecule has 1 aliphatic rings. The highest BCUT2D eigenvalue weighted by Gasteiger charge is 2.19. The molecule has 3 heteroatoms. The lowest BCUT2D eigenvalue weighted by Crippen LogP contribution is -2.18. The summed E-state index contributed by atoms with van der Waals surface area (Å²) in [7, 11) is 0. The van der Waals surface area contributed by atoms with E-state index in [0.29, 0.717) is 0 Å². The van der Waals surface area contributed by atoms with Crippen LogP contribution in [0.4, 0.5) is 8.78 Å². The molecule has 1 aliphatic carbocycles. The minimum atomic E-state index is -0.795. The maximum atomic E-state index is 12.8. The SMILES string of the molecule is N[C@H]1CCCc2cc(F)c(F)cc21. The summed E-state index contributed by atoms with van der Waals surface area (Å²) in [6.07, 6.45) is 2.62. The Morgan fingerprint density at radius 2 is 1.92 bits per heavy atom. The Morgan fingerprint density at radius 3 is 2.69 bits per heavy atom. The van der Waals surface area contributed by atoms with Gasteiger partial charge in [-0.25, -0.2) is 8.78 Å². The largest absolute Gasteiger partial charge is 0.324 e. The molecule has 1 atom stereocenters. The highest BCUT2D eigenvalue weighted by Crippen LogP contribution is 2.29. The smallest absolute Gasteiger partial charge is 0.159 e. The van der Waals surface area contributed by atoms with Crippen LogP contribution in [0.5, 0.6) is 0 Å². The van der Waals surface area contributed by atoms with Crippen LogP contribution in [0.15, 0.2) is 12.1 Å². The van der Waals surface area contributed by atoms with Crippen molar-refractivity contribution in [3.05, 3.63) is 34.9 Å². The molecule has 0 bridgehead atoms. The van der Waals surface area contributed by atoms with E-state index in [0.717, 1.165) is 30.4 Å². The van der Waals surface area contributed by atoms with Crippen LogP contribution >= 0.6 is 0 Å². The second-order valence-corrected chi connectivity index (χ2v) is 3.46. The van der Waals surface area contributed by atoms with Gasteiger partial charge in [-0.1, -0.05) is 0 Å². The number of nitrogens with two attached hydrogens (primary N) is 1. The van der Waals surface area contributed by atoms with Crippen molar-refractivity contribution in [2.24, 2.45) is 5.73 Å². The van der Waals surface area contributed by atoms with Crippen molar-refractivity contribution in [3.63, 3.8) is 0 Å². The molecule has 0 aliphatic heterocycles. The van der Waals surface area contributed by atoms with Crippen molar-refractivity contribution in [2.45, 2.75) is 25.3 Å². The van der Waals surface area contributed by atoms with Crippen molar-refractivity contribution in [2.75, 3.05) is 0 Å². The van der Waals surface area contributed by atoms with Crippen molar-refractivity contribution in [1.29, 1.82) is 0 Å². The summed E-state index contributed by atoms with van der Waals surface area (Å²) in [6.45, 7) is 0. The Balaban J connectivity index is 2.52. The van der Waals surface area contributed by atoms with Crippen LogP contribution in [-0.2, 0) is 6.42 Å². The zero-order valence-corrected chi connectivity index (χ0v) is 7.19. The first kappa shape index (κ1) is 8.63. The normalized spacial score (nSPS) is 21.3. The highest BCUT2D eigenvalue weighted by atomic mass is 19.2. The van der Waals surface area contributed by atoms with Crippen LogP contribution in [0.25, 0.3) is 0 Å². The van der Waals surface area contributed by atoms with Crippen molar-refractivity contribution in [3.8, 4) is 0 Å². The van der Waals surface area contributed by atoms with E-state index in [2.05, 4.69) is 0 Å². The molecule has 0 heterocycles. The molecule has 1 aromatic carbocycles. The zero-order valence-electron chi connectivity index (χ0n) is 7.19. The maximum absolute atomic E-state index is 12.8. The molecule has 13 heavy (non-hydrogen) atoms. The monoisotopic (exact) mass is 183 g/mol. The fraction of sp³-hybridized carbons (Fsp3) is 0.400. The quantitative estimate of drug-likeness (QED) is 0.656. The minimum Gasteiger partial charge on any atom is -0.324 e. The summed E-state index contributed by atoms with van der Waals surface area (Å²) in [6, 6.07) is 2.37. The molecule has 70 valence electrons. The molecule has 0 fully saturated rings. The van der Waals surface area contributed by atoms with Crippen LogP contribution in [-0.4, -0.2) is 0 Å². The molecule has 0 amide bonds. The van der Waals surface area contributed by atoms with Crippen LogP contribution in [0.2, 0.25) is 0 Å². The second-order valence-electron chi connectivity index (χ2n) is 3.46. The number of halogens is 2. The lowest BCUT2D eigenvalue weighted by atomic mass is 9.88. The lowest BCUT2D eigenvalue weighted by Gasteiger charge is -2.22. The van der Waals surface area contributed by atoms with Gasteiger partial charge in [0.25, 0.3) is 0 Å². The third-order valence-corrected chi connectivity index (χ3v) is 2.54. The molecule has 1 aromatic rings. The molecule has 0 saturated carbocycles. The summed E-state index contributed by atoms with van der Waals surface area (Å²) >= 11 is 0. The van der Waals surface area contributed by atoms with E-state index < -0.39 is 11.6 Å². The number of aryl methyl sites for hydroxylation is 1. The number of hydrogen-bond donors (Lipinski definition) is 1. The summed E-state index contributed by atoms with van der Waals surface area (Å²) in [4.78, 5) is 0. The molecule has 0 aromatic heterocycles. The molecular weight excluding hydrogens is 172 g/mol. The Labute approximate surface area is 75.6 Å². The summed E-state index contributed by atoms with van der Waals surface area (Å²) < 4.78 is 25.7. The van der Waals surface area contributed by atoms with E-state index in [-0.39, 0.29) is 6.04 Å². The van der Waals surface area contributed by atoms with E-state index in [9.17, 15) is 8.78 Å². The molecule has 0 radical (unpaired) electrons. The predicted octanol–water partition coefficient (Wildman–Crippen LogP) is 2.30. The predicted molar refractivity (Wildman–Crippen MR) is 46.2 cm³/mol. The van der Waals surface area contributed by atoms with Crippen molar-refractivity contribution < 1.29 is 8.78 Å². The maximum Gasteiger partial charge on any atom is 0.159 e. The topological polar surface area (TPSA) is 26.0 Å². The molecule has 2 N–H and O–H groups in total. The molecule has 0 unspecified atom stereocenters. The van der Waals surface area contributed by atoms with Gasteiger partial charge in [0.15, 0.2) is 11.6 Å². The Hall–Kier alpha value is -0.960. The third-order valence-electron chi connectivity index (χ3n) is 2.54. The second kappa shape index (κ2) is 3.07. The number of fused-ring (bicyclic) bond motifs is 1. The average molecular weight is 183 g/mol. The van der Waals surface area contributed by atoms with E-state index in [1.54, 1.807) is 0 Å². The van der Waals surface area contributed by atoms with Gasteiger partial charge in [0.1, 0.15) is 0 Å². The van der Waals surface area contributed by atoms with Crippen LogP contribution in [0, 0.1) is 11.6 Å². The van der Waals surface area contributed by atoms with Gasteiger partial charge < -0.3 is 5.73 Å². The fourth-order valence-corrected chi connectivity index (χ4v) is 1.83. The van der Waals surface area contributed by atoms with Crippen LogP contribution < -0.4 is 5.73 Å². The Kier molecular flexibility index (Phi) is 2.04. The minimum absolute atomic E-state index is 0.126. The Bertz CT molecular complexity index is 336.